The summed E-state index contributed by atoms with van der Waals surface area (Å²) in [5, 5.41) is 0. The molecule has 5 heteroatoms. The zero-order valence-electron chi connectivity index (χ0n) is 9.06. The van der Waals surface area contributed by atoms with Crippen LogP contribution in [-0.4, -0.2) is 23.8 Å². The van der Waals surface area contributed by atoms with E-state index in [1.807, 2.05) is 29.0 Å². The van der Waals surface area contributed by atoms with Gasteiger partial charge in [0, 0.05) is 18.5 Å². The van der Waals surface area contributed by atoms with Crippen LogP contribution in [0.15, 0.2) is 30.6 Å². The minimum Gasteiger partial charge on any atom is -0.493 e. The molecule has 1 aromatic carbocycles. The van der Waals surface area contributed by atoms with Crippen LogP contribution in [0.4, 0.5) is 0 Å². The van der Waals surface area contributed by atoms with Crippen LogP contribution in [-0.2, 0) is 0 Å². The minimum absolute atomic E-state index is 0.646. The highest BCUT2D eigenvalue weighted by Gasteiger charge is 2.05. The average molecular weight is 236 g/mol. The molecule has 0 radical (unpaired) electrons. The van der Waals surface area contributed by atoms with Crippen molar-refractivity contribution >= 4 is 12.2 Å². The van der Waals surface area contributed by atoms with Crippen LogP contribution in [0.5, 0.6) is 11.5 Å². The monoisotopic (exact) mass is 236 g/mol. The van der Waals surface area contributed by atoms with Gasteiger partial charge in [0.2, 0.25) is 0 Å². The molecule has 0 bridgehead atoms. The second-order valence-electron chi connectivity index (χ2n) is 3.17. The lowest BCUT2D eigenvalue weighted by atomic mass is 10.2. The van der Waals surface area contributed by atoms with Gasteiger partial charge < -0.3 is 14.5 Å². The quantitative estimate of drug-likeness (QED) is 0.832. The number of methoxy groups -OCH3 is 2. The number of aromatic amines is 1. The first-order valence-corrected chi connectivity index (χ1v) is 5.15. The second kappa shape index (κ2) is 4.40. The molecule has 0 saturated heterocycles. The normalized spacial score (nSPS) is 10.1. The first-order chi connectivity index (χ1) is 7.76. The summed E-state index contributed by atoms with van der Waals surface area (Å²) in [4.78, 5) is 2.94. The summed E-state index contributed by atoms with van der Waals surface area (Å²) in [5.41, 5.74) is 0.934. The predicted molar refractivity (Wildman–Crippen MR) is 64.1 cm³/mol. The van der Waals surface area contributed by atoms with Crippen molar-refractivity contribution in [3.05, 3.63) is 35.4 Å². The van der Waals surface area contributed by atoms with Crippen LogP contribution in [0.1, 0.15) is 0 Å². The number of hydrogen-bond donors (Lipinski definition) is 1. The smallest absolute Gasteiger partial charge is 0.181 e. The molecule has 0 spiro atoms. The molecule has 0 atom stereocenters. The summed E-state index contributed by atoms with van der Waals surface area (Å²) >= 11 is 5.14. The van der Waals surface area contributed by atoms with Crippen molar-refractivity contribution in [2.75, 3.05) is 14.2 Å². The lowest BCUT2D eigenvalue weighted by molar-refractivity contribution is 0.355. The molecule has 84 valence electrons. The number of H-pyrrole nitrogens is 1. The van der Waals surface area contributed by atoms with Crippen molar-refractivity contribution in [3.63, 3.8) is 0 Å². The SMILES string of the molecule is COc1ccc(-n2cc[nH]c2=S)cc1OC. The number of nitrogens with zero attached hydrogens (tertiary/aromatic N) is 1. The average Bonchev–Trinajstić information content (AvgIpc) is 2.74. The summed E-state index contributed by atoms with van der Waals surface area (Å²) < 4.78 is 12.9. The van der Waals surface area contributed by atoms with Gasteiger partial charge in [-0.1, -0.05) is 0 Å². The van der Waals surface area contributed by atoms with E-state index >= 15 is 0 Å². The Kier molecular flexibility index (Phi) is 2.96. The van der Waals surface area contributed by atoms with Gasteiger partial charge in [-0.3, -0.25) is 4.57 Å². The molecule has 0 aliphatic rings. The molecule has 0 saturated carbocycles. The van der Waals surface area contributed by atoms with Crippen LogP contribution in [0, 0.1) is 4.77 Å². The standard InChI is InChI=1S/C11H12N2O2S/c1-14-9-4-3-8(7-10(9)15-2)13-6-5-12-11(13)16/h3-7H,1-2H3,(H,12,16). The molecular weight excluding hydrogens is 224 g/mol. The van der Waals surface area contributed by atoms with Gasteiger partial charge in [0.05, 0.1) is 19.9 Å². The van der Waals surface area contributed by atoms with Crippen molar-refractivity contribution in [1.82, 2.24) is 9.55 Å². The maximum atomic E-state index is 5.23. The lowest BCUT2D eigenvalue weighted by Gasteiger charge is -2.09. The van der Waals surface area contributed by atoms with Gasteiger partial charge in [-0.15, -0.1) is 0 Å². The number of hydrogen-bond acceptors (Lipinski definition) is 3. The van der Waals surface area contributed by atoms with E-state index in [0.29, 0.717) is 16.3 Å². The zero-order valence-corrected chi connectivity index (χ0v) is 9.88. The van der Waals surface area contributed by atoms with Gasteiger partial charge in [0.25, 0.3) is 0 Å². The van der Waals surface area contributed by atoms with E-state index in [1.54, 1.807) is 20.4 Å². The summed E-state index contributed by atoms with van der Waals surface area (Å²) in [5.74, 6) is 1.39. The molecule has 2 rings (SSSR count). The molecule has 0 unspecified atom stereocenters. The number of aromatic nitrogens is 2. The fourth-order valence-electron chi connectivity index (χ4n) is 1.50. The van der Waals surface area contributed by atoms with E-state index < -0.39 is 0 Å². The Labute approximate surface area is 98.4 Å². The summed E-state index contributed by atoms with van der Waals surface area (Å²) in [7, 11) is 3.22. The topological polar surface area (TPSA) is 39.2 Å². The van der Waals surface area contributed by atoms with E-state index in [1.165, 1.54) is 0 Å². The lowest BCUT2D eigenvalue weighted by Crippen LogP contribution is -1.95. The summed E-state index contributed by atoms with van der Waals surface area (Å²) in [6.07, 6.45) is 3.66. The summed E-state index contributed by atoms with van der Waals surface area (Å²) in [6, 6.07) is 5.65. The van der Waals surface area contributed by atoms with Gasteiger partial charge in [0.15, 0.2) is 16.3 Å². The Bertz CT molecular complexity index is 545. The third-order valence-corrected chi connectivity index (χ3v) is 2.61. The van der Waals surface area contributed by atoms with Crippen LogP contribution in [0.25, 0.3) is 5.69 Å². The highest BCUT2D eigenvalue weighted by molar-refractivity contribution is 7.71. The third-order valence-electron chi connectivity index (χ3n) is 2.29. The minimum atomic E-state index is 0.646. The maximum absolute atomic E-state index is 5.23. The summed E-state index contributed by atoms with van der Waals surface area (Å²) in [6.45, 7) is 0. The van der Waals surface area contributed by atoms with Crippen molar-refractivity contribution < 1.29 is 9.47 Å². The maximum Gasteiger partial charge on any atom is 0.181 e. The van der Waals surface area contributed by atoms with Gasteiger partial charge in [-0.25, -0.2) is 0 Å². The molecule has 0 aliphatic carbocycles. The van der Waals surface area contributed by atoms with E-state index in [2.05, 4.69) is 4.98 Å². The number of ether oxygens (including phenoxy) is 2. The molecule has 1 N–H and O–H groups in total. The number of benzene rings is 1. The first-order valence-electron chi connectivity index (χ1n) is 4.74. The van der Waals surface area contributed by atoms with E-state index in [-0.39, 0.29) is 0 Å². The fourth-order valence-corrected chi connectivity index (χ4v) is 1.73. The van der Waals surface area contributed by atoms with Gasteiger partial charge in [0.1, 0.15) is 0 Å². The van der Waals surface area contributed by atoms with Crippen LogP contribution in [0.2, 0.25) is 0 Å². The van der Waals surface area contributed by atoms with E-state index in [9.17, 15) is 0 Å². The highest BCUT2D eigenvalue weighted by Crippen LogP contribution is 2.28. The van der Waals surface area contributed by atoms with Crippen LogP contribution < -0.4 is 9.47 Å². The second-order valence-corrected chi connectivity index (χ2v) is 3.56. The first kappa shape index (κ1) is 10.8. The van der Waals surface area contributed by atoms with E-state index in [0.717, 1.165) is 5.69 Å². The van der Waals surface area contributed by atoms with E-state index in [4.69, 9.17) is 21.7 Å². The van der Waals surface area contributed by atoms with Crippen molar-refractivity contribution in [3.8, 4) is 17.2 Å². The largest absolute Gasteiger partial charge is 0.493 e. The predicted octanol–water partition coefficient (Wildman–Crippen LogP) is 2.55. The highest BCUT2D eigenvalue weighted by atomic mass is 32.1. The van der Waals surface area contributed by atoms with Crippen LogP contribution >= 0.6 is 12.2 Å². The van der Waals surface area contributed by atoms with Gasteiger partial charge in [-0.2, -0.15) is 0 Å². The van der Waals surface area contributed by atoms with Crippen molar-refractivity contribution in [2.45, 2.75) is 0 Å². The van der Waals surface area contributed by atoms with Crippen molar-refractivity contribution in [2.24, 2.45) is 0 Å². The zero-order chi connectivity index (χ0) is 11.5. The number of nitrogens with one attached hydrogen (secondary N) is 1. The molecule has 1 aromatic heterocycles. The Morgan fingerprint density at radius 1 is 1.19 bits per heavy atom. The Hall–Kier alpha value is -1.75. The Balaban J connectivity index is 2.52. The fraction of sp³-hybridized carbons (Fsp3) is 0.182. The Morgan fingerprint density at radius 2 is 1.94 bits per heavy atom. The molecule has 0 fully saturated rings. The molecule has 0 aliphatic heterocycles. The molecule has 16 heavy (non-hydrogen) atoms. The molecule has 2 aromatic rings. The van der Waals surface area contributed by atoms with Gasteiger partial charge >= 0.3 is 0 Å². The number of rotatable bonds is 3. The number of imidazole rings is 1. The molecule has 1 heterocycles. The third kappa shape index (κ3) is 1.81. The van der Waals surface area contributed by atoms with Crippen molar-refractivity contribution in [1.29, 1.82) is 0 Å². The molecular formula is C11H12N2O2S. The van der Waals surface area contributed by atoms with Crippen LogP contribution in [0.3, 0.4) is 0 Å². The molecule has 4 nitrogen and oxygen atoms in total. The Morgan fingerprint density at radius 3 is 2.50 bits per heavy atom. The van der Waals surface area contributed by atoms with Gasteiger partial charge in [-0.05, 0) is 24.4 Å². The molecule has 0 amide bonds.